The predicted molar refractivity (Wildman–Crippen MR) is 84.3 cm³/mol. The van der Waals surface area contributed by atoms with Gasteiger partial charge in [0.1, 0.15) is 0 Å². The number of nitrogens with zero attached hydrogens (tertiary/aromatic N) is 1. The van der Waals surface area contributed by atoms with Crippen LogP contribution in [-0.4, -0.2) is 21.1 Å². The highest BCUT2D eigenvalue weighted by Gasteiger charge is 2.32. The summed E-state index contributed by atoms with van der Waals surface area (Å²) < 4.78 is 31.1. The van der Waals surface area contributed by atoms with Gasteiger partial charge in [0.2, 0.25) is 0 Å². The van der Waals surface area contributed by atoms with Crippen LogP contribution < -0.4 is 4.31 Å². The molecule has 0 unspecified atom stereocenters. The minimum Gasteiger partial charge on any atom is -0.449 e. The molecule has 0 fully saturated rings. The zero-order chi connectivity index (χ0) is 16.2. The van der Waals surface area contributed by atoms with Crippen molar-refractivity contribution in [3.05, 3.63) is 60.2 Å². The van der Waals surface area contributed by atoms with Crippen LogP contribution in [0.5, 0.6) is 0 Å². The normalized spacial score (nSPS) is 11.0. The lowest BCUT2D eigenvalue weighted by atomic mass is 10.2. The topological polar surface area (TPSA) is 63.7 Å². The zero-order valence-electron chi connectivity index (χ0n) is 12.4. The maximum absolute atomic E-state index is 12.8. The molecule has 0 saturated heterocycles. The van der Waals surface area contributed by atoms with Gasteiger partial charge < -0.3 is 4.74 Å². The number of amides is 1. The molecule has 2 aromatic carbocycles. The third-order valence-electron chi connectivity index (χ3n) is 2.98. The molecular weight excluding hydrogens is 302 g/mol. The van der Waals surface area contributed by atoms with Crippen LogP contribution >= 0.6 is 0 Å². The molecule has 0 radical (unpaired) electrons. The molecule has 0 aliphatic rings. The minimum absolute atomic E-state index is 0.0311. The number of aryl methyl sites for hydroxylation is 1. The van der Waals surface area contributed by atoms with Gasteiger partial charge in [-0.25, -0.2) is 13.2 Å². The van der Waals surface area contributed by atoms with Gasteiger partial charge in [0.15, 0.2) is 0 Å². The first-order chi connectivity index (χ1) is 10.5. The lowest BCUT2D eigenvalue weighted by Crippen LogP contribution is -2.37. The smallest absolute Gasteiger partial charge is 0.428 e. The molecule has 0 atom stereocenters. The van der Waals surface area contributed by atoms with E-state index in [4.69, 9.17) is 4.74 Å². The predicted octanol–water partition coefficient (Wildman–Crippen LogP) is 3.35. The Morgan fingerprint density at radius 1 is 1.05 bits per heavy atom. The summed E-state index contributed by atoms with van der Waals surface area (Å²) in [5.74, 6) is 0. The molecule has 0 aliphatic heterocycles. The Balaban J connectivity index is 2.54. The first-order valence-corrected chi connectivity index (χ1v) is 8.24. The van der Waals surface area contributed by atoms with E-state index in [0.717, 1.165) is 5.56 Å². The lowest BCUT2D eigenvalue weighted by molar-refractivity contribution is 0.164. The molecule has 0 spiro atoms. The molecule has 2 rings (SSSR count). The molecule has 5 nitrogen and oxygen atoms in total. The second-order valence-corrected chi connectivity index (χ2v) is 6.40. The summed E-state index contributed by atoms with van der Waals surface area (Å²) in [6, 6.07) is 14.4. The highest BCUT2D eigenvalue weighted by Crippen LogP contribution is 2.25. The monoisotopic (exact) mass is 319 g/mol. The van der Waals surface area contributed by atoms with Gasteiger partial charge in [-0.3, -0.25) is 0 Å². The van der Waals surface area contributed by atoms with Crippen LogP contribution in [0.3, 0.4) is 0 Å². The van der Waals surface area contributed by atoms with Crippen molar-refractivity contribution in [1.29, 1.82) is 0 Å². The summed E-state index contributed by atoms with van der Waals surface area (Å²) in [4.78, 5) is 12.2. The van der Waals surface area contributed by atoms with Gasteiger partial charge in [-0.1, -0.05) is 35.9 Å². The standard InChI is InChI=1S/C16H17NO4S/c1-3-21-16(18)17(14-11-9-13(2)10-12-14)22(19,20)15-7-5-4-6-8-15/h4-12H,3H2,1-2H3. The first kappa shape index (κ1) is 16.0. The number of rotatable bonds is 4. The quantitative estimate of drug-likeness (QED) is 0.867. The van der Waals surface area contributed by atoms with Crippen molar-refractivity contribution in [2.45, 2.75) is 18.7 Å². The van der Waals surface area contributed by atoms with E-state index in [9.17, 15) is 13.2 Å². The van der Waals surface area contributed by atoms with Gasteiger partial charge in [-0.2, -0.15) is 4.31 Å². The first-order valence-electron chi connectivity index (χ1n) is 6.80. The Kier molecular flexibility index (Phi) is 4.82. The molecule has 0 bridgehead atoms. The summed E-state index contributed by atoms with van der Waals surface area (Å²) in [7, 11) is -4.03. The molecule has 0 aromatic heterocycles. The van der Waals surface area contributed by atoms with Gasteiger partial charge in [0, 0.05) is 0 Å². The van der Waals surface area contributed by atoms with Crippen molar-refractivity contribution in [3.63, 3.8) is 0 Å². The van der Waals surface area contributed by atoms with Crippen molar-refractivity contribution in [2.24, 2.45) is 0 Å². The van der Waals surface area contributed by atoms with Crippen LogP contribution in [0.2, 0.25) is 0 Å². The number of carbonyl (C=O) groups excluding carboxylic acids is 1. The Hall–Kier alpha value is -2.34. The van der Waals surface area contributed by atoms with Gasteiger partial charge >= 0.3 is 6.09 Å². The van der Waals surface area contributed by atoms with Crippen molar-refractivity contribution in [1.82, 2.24) is 0 Å². The summed E-state index contributed by atoms with van der Waals surface area (Å²) in [6.07, 6.45) is -0.921. The molecule has 1 amide bonds. The van der Waals surface area contributed by atoms with E-state index in [1.807, 2.05) is 6.92 Å². The van der Waals surface area contributed by atoms with Crippen LogP contribution in [0.15, 0.2) is 59.5 Å². The molecule has 0 N–H and O–H groups in total. The summed E-state index contributed by atoms with van der Waals surface area (Å²) in [5, 5.41) is 0. The molecule has 2 aromatic rings. The zero-order valence-corrected chi connectivity index (χ0v) is 13.2. The number of sulfonamides is 1. The van der Waals surface area contributed by atoms with E-state index in [2.05, 4.69) is 0 Å². The van der Waals surface area contributed by atoms with Crippen LogP contribution in [0.25, 0.3) is 0 Å². The van der Waals surface area contributed by atoms with E-state index < -0.39 is 16.1 Å². The highest BCUT2D eigenvalue weighted by molar-refractivity contribution is 7.93. The fraction of sp³-hybridized carbons (Fsp3) is 0.188. The molecule has 22 heavy (non-hydrogen) atoms. The third kappa shape index (κ3) is 3.28. The van der Waals surface area contributed by atoms with E-state index in [1.165, 1.54) is 12.1 Å². The Morgan fingerprint density at radius 3 is 2.18 bits per heavy atom. The molecule has 0 aliphatic carbocycles. The number of carbonyl (C=O) groups is 1. The van der Waals surface area contributed by atoms with Crippen LogP contribution in [0.4, 0.5) is 10.5 Å². The van der Waals surface area contributed by atoms with Gasteiger partial charge in [0.05, 0.1) is 17.2 Å². The Labute approximate surface area is 130 Å². The second-order valence-electron chi connectivity index (χ2n) is 4.62. The average molecular weight is 319 g/mol. The number of benzene rings is 2. The highest BCUT2D eigenvalue weighted by atomic mass is 32.2. The van der Waals surface area contributed by atoms with E-state index in [1.54, 1.807) is 49.4 Å². The van der Waals surface area contributed by atoms with Crippen LogP contribution in [0.1, 0.15) is 12.5 Å². The van der Waals surface area contributed by atoms with Crippen molar-refractivity contribution >= 4 is 21.8 Å². The number of ether oxygens (including phenoxy) is 1. The maximum Gasteiger partial charge on any atom is 0.428 e. The minimum atomic E-state index is -4.03. The molecule has 6 heteroatoms. The number of hydrogen-bond donors (Lipinski definition) is 0. The molecule has 116 valence electrons. The average Bonchev–Trinajstić information content (AvgIpc) is 2.50. The van der Waals surface area contributed by atoms with Gasteiger partial charge in [-0.15, -0.1) is 0 Å². The summed E-state index contributed by atoms with van der Waals surface area (Å²) in [5.41, 5.74) is 1.21. The van der Waals surface area contributed by atoms with Crippen LogP contribution in [0, 0.1) is 6.92 Å². The molecule has 0 heterocycles. The second kappa shape index (κ2) is 6.62. The van der Waals surface area contributed by atoms with Crippen molar-refractivity contribution < 1.29 is 17.9 Å². The van der Waals surface area contributed by atoms with Gasteiger partial charge in [0.25, 0.3) is 10.0 Å². The maximum atomic E-state index is 12.8. The fourth-order valence-electron chi connectivity index (χ4n) is 1.90. The summed E-state index contributed by atoms with van der Waals surface area (Å²) in [6.45, 7) is 3.59. The van der Waals surface area contributed by atoms with E-state index >= 15 is 0 Å². The largest absolute Gasteiger partial charge is 0.449 e. The Bertz CT molecular complexity index is 739. The Morgan fingerprint density at radius 2 is 1.64 bits per heavy atom. The van der Waals surface area contributed by atoms with Crippen molar-refractivity contribution in [3.8, 4) is 0 Å². The molecular formula is C16H17NO4S. The third-order valence-corrected chi connectivity index (χ3v) is 4.69. The van der Waals surface area contributed by atoms with E-state index in [0.29, 0.717) is 4.31 Å². The van der Waals surface area contributed by atoms with Crippen molar-refractivity contribution in [2.75, 3.05) is 10.9 Å². The SMILES string of the molecule is CCOC(=O)N(c1ccc(C)cc1)S(=O)(=O)c1ccccc1. The van der Waals surface area contributed by atoms with Gasteiger partial charge in [-0.05, 0) is 38.1 Å². The molecule has 0 saturated carbocycles. The lowest BCUT2D eigenvalue weighted by Gasteiger charge is -2.21. The summed E-state index contributed by atoms with van der Waals surface area (Å²) >= 11 is 0. The number of hydrogen-bond acceptors (Lipinski definition) is 4. The van der Waals surface area contributed by atoms with Crippen LogP contribution in [-0.2, 0) is 14.8 Å². The van der Waals surface area contributed by atoms with E-state index in [-0.39, 0.29) is 17.2 Å². The number of anilines is 1. The fourth-order valence-corrected chi connectivity index (χ4v) is 3.26.